The van der Waals surface area contributed by atoms with E-state index < -0.39 is 0 Å². The number of anilines is 1. The molecule has 0 saturated carbocycles. The molecule has 1 saturated heterocycles. The van der Waals surface area contributed by atoms with Gasteiger partial charge in [0, 0.05) is 37.9 Å². The van der Waals surface area contributed by atoms with Crippen molar-refractivity contribution in [2.45, 2.75) is 13.0 Å². The average Bonchev–Trinajstić information content (AvgIpc) is 2.54. The van der Waals surface area contributed by atoms with Gasteiger partial charge in [-0.2, -0.15) is 0 Å². The fraction of sp³-hybridized carbons (Fsp3) is 0.533. The number of benzene rings is 1. The number of likely N-dealkylation sites (N-methyl/N-ethyl adjacent to an activating group) is 2. The molecule has 6 heteroatoms. The van der Waals surface area contributed by atoms with Crippen LogP contribution in [0.15, 0.2) is 29.4 Å². The Balaban J connectivity index is 2.08. The average molecular weight is 292 g/mol. The highest BCUT2D eigenvalue weighted by Gasteiger charge is 2.21. The first-order chi connectivity index (χ1) is 10.2. The van der Waals surface area contributed by atoms with E-state index in [9.17, 15) is 0 Å². The summed E-state index contributed by atoms with van der Waals surface area (Å²) >= 11 is 0. The lowest BCUT2D eigenvalue weighted by Crippen LogP contribution is -2.47. The molecule has 21 heavy (non-hydrogen) atoms. The molecule has 1 aliphatic rings. The summed E-state index contributed by atoms with van der Waals surface area (Å²) in [5.41, 5.74) is 7.41. The molecule has 1 fully saturated rings. The van der Waals surface area contributed by atoms with Crippen molar-refractivity contribution in [1.29, 1.82) is 0 Å². The maximum Gasteiger partial charge on any atom is 0.172 e. The highest BCUT2D eigenvalue weighted by molar-refractivity contribution is 6.02. The van der Waals surface area contributed by atoms with Gasteiger partial charge in [0.05, 0.1) is 12.7 Å². The molecular formula is C15H24N4O2. The second-order valence-corrected chi connectivity index (χ2v) is 5.27. The third-order valence-corrected chi connectivity index (χ3v) is 3.85. The monoisotopic (exact) mass is 292 g/mol. The highest BCUT2D eigenvalue weighted by Crippen LogP contribution is 2.20. The SMILES string of the molecule is CCN1CCOC(CN(C)c2ccccc2/C(N)=N/O)C1. The molecule has 1 aromatic rings. The Morgan fingerprint density at radius 3 is 3.00 bits per heavy atom. The summed E-state index contributed by atoms with van der Waals surface area (Å²) in [6.45, 7) is 6.69. The van der Waals surface area contributed by atoms with Crippen molar-refractivity contribution < 1.29 is 9.94 Å². The van der Waals surface area contributed by atoms with Crippen LogP contribution in [0.5, 0.6) is 0 Å². The van der Waals surface area contributed by atoms with Crippen LogP contribution in [0.3, 0.4) is 0 Å². The molecule has 116 valence electrons. The fourth-order valence-electron chi connectivity index (χ4n) is 2.66. The van der Waals surface area contributed by atoms with Crippen LogP contribution in [-0.4, -0.2) is 61.9 Å². The summed E-state index contributed by atoms with van der Waals surface area (Å²) in [5, 5.41) is 12.0. The maximum atomic E-state index is 8.90. The molecule has 0 bridgehead atoms. The largest absolute Gasteiger partial charge is 0.409 e. The zero-order valence-corrected chi connectivity index (χ0v) is 12.7. The van der Waals surface area contributed by atoms with Gasteiger partial charge in [0.25, 0.3) is 0 Å². The van der Waals surface area contributed by atoms with E-state index in [0.717, 1.165) is 44.0 Å². The van der Waals surface area contributed by atoms with Crippen molar-refractivity contribution in [1.82, 2.24) is 4.90 Å². The van der Waals surface area contributed by atoms with Crippen LogP contribution >= 0.6 is 0 Å². The summed E-state index contributed by atoms with van der Waals surface area (Å²) in [6.07, 6.45) is 0.170. The number of nitrogens with two attached hydrogens (primary N) is 1. The minimum atomic E-state index is 0.122. The highest BCUT2D eigenvalue weighted by atomic mass is 16.5. The van der Waals surface area contributed by atoms with E-state index in [-0.39, 0.29) is 11.9 Å². The lowest BCUT2D eigenvalue weighted by Gasteiger charge is -2.35. The van der Waals surface area contributed by atoms with E-state index in [2.05, 4.69) is 21.9 Å². The van der Waals surface area contributed by atoms with Gasteiger partial charge in [0.15, 0.2) is 5.84 Å². The van der Waals surface area contributed by atoms with Crippen molar-refractivity contribution in [3.05, 3.63) is 29.8 Å². The Hall–Kier alpha value is -1.79. The number of hydrogen-bond acceptors (Lipinski definition) is 5. The molecule has 6 nitrogen and oxygen atoms in total. The molecule has 2 rings (SSSR count). The number of nitrogens with zero attached hydrogens (tertiary/aromatic N) is 3. The van der Waals surface area contributed by atoms with Crippen molar-refractivity contribution in [2.75, 3.05) is 44.7 Å². The summed E-state index contributed by atoms with van der Waals surface area (Å²) < 4.78 is 5.83. The van der Waals surface area contributed by atoms with Crippen LogP contribution in [0.4, 0.5) is 5.69 Å². The zero-order chi connectivity index (χ0) is 15.2. The smallest absolute Gasteiger partial charge is 0.172 e. The van der Waals surface area contributed by atoms with E-state index in [1.165, 1.54) is 0 Å². The van der Waals surface area contributed by atoms with E-state index in [0.29, 0.717) is 0 Å². The number of ether oxygens (including phenoxy) is 1. The van der Waals surface area contributed by atoms with Gasteiger partial charge in [-0.15, -0.1) is 0 Å². The summed E-state index contributed by atoms with van der Waals surface area (Å²) in [4.78, 5) is 4.48. The predicted octanol–water partition coefficient (Wildman–Crippen LogP) is 0.938. The lowest BCUT2D eigenvalue weighted by molar-refractivity contribution is -0.0216. The number of amidine groups is 1. The molecule has 0 radical (unpaired) electrons. The van der Waals surface area contributed by atoms with Gasteiger partial charge in [0.2, 0.25) is 0 Å². The predicted molar refractivity (Wildman–Crippen MR) is 84.1 cm³/mol. The second kappa shape index (κ2) is 7.28. The number of morpholine rings is 1. The Morgan fingerprint density at radius 1 is 1.52 bits per heavy atom. The second-order valence-electron chi connectivity index (χ2n) is 5.27. The van der Waals surface area contributed by atoms with Gasteiger partial charge < -0.3 is 20.6 Å². The molecule has 1 aliphatic heterocycles. The molecule has 1 unspecified atom stereocenters. The fourth-order valence-corrected chi connectivity index (χ4v) is 2.66. The quantitative estimate of drug-likeness (QED) is 0.366. The molecule has 1 aromatic carbocycles. The first-order valence-electron chi connectivity index (χ1n) is 7.27. The van der Waals surface area contributed by atoms with Crippen molar-refractivity contribution >= 4 is 11.5 Å². The molecule has 1 heterocycles. The summed E-state index contributed by atoms with van der Waals surface area (Å²) in [5.74, 6) is 0.122. The van der Waals surface area contributed by atoms with E-state index in [1.807, 2.05) is 31.3 Å². The normalized spacial score (nSPS) is 20.5. The van der Waals surface area contributed by atoms with Gasteiger partial charge in [-0.25, -0.2) is 0 Å². The molecule has 3 N–H and O–H groups in total. The molecule has 1 atom stereocenters. The number of rotatable bonds is 5. The van der Waals surface area contributed by atoms with Crippen molar-refractivity contribution in [3.63, 3.8) is 0 Å². The zero-order valence-electron chi connectivity index (χ0n) is 12.7. The van der Waals surface area contributed by atoms with Crippen molar-refractivity contribution in [2.24, 2.45) is 10.9 Å². The van der Waals surface area contributed by atoms with Gasteiger partial charge in [-0.1, -0.05) is 24.2 Å². The van der Waals surface area contributed by atoms with Crippen LogP contribution in [0.25, 0.3) is 0 Å². The van der Waals surface area contributed by atoms with Crippen LogP contribution in [0.2, 0.25) is 0 Å². The molecule has 0 spiro atoms. The molecular weight excluding hydrogens is 268 g/mol. The Bertz CT molecular complexity index is 492. The van der Waals surface area contributed by atoms with E-state index >= 15 is 0 Å². The topological polar surface area (TPSA) is 74.3 Å². The van der Waals surface area contributed by atoms with Crippen LogP contribution in [-0.2, 0) is 4.74 Å². The van der Waals surface area contributed by atoms with Gasteiger partial charge in [0.1, 0.15) is 0 Å². The maximum absolute atomic E-state index is 8.90. The van der Waals surface area contributed by atoms with Gasteiger partial charge in [-0.05, 0) is 18.7 Å². The first-order valence-corrected chi connectivity index (χ1v) is 7.27. The summed E-state index contributed by atoms with van der Waals surface area (Å²) in [7, 11) is 2.00. The van der Waals surface area contributed by atoms with Crippen LogP contribution < -0.4 is 10.6 Å². The van der Waals surface area contributed by atoms with Crippen LogP contribution in [0.1, 0.15) is 12.5 Å². The Kier molecular flexibility index (Phi) is 5.41. The van der Waals surface area contributed by atoms with E-state index in [4.69, 9.17) is 15.7 Å². The standard InChI is InChI=1S/C15H24N4O2/c1-3-19-8-9-21-12(11-19)10-18(2)14-7-5-4-6-13(14)15(16)17-20/h4-7,12,20H,3,8-11H2,1-2H3,(H2,16,17). The third kappa shape index (κ3) is 3.86. The summed E-state index contributed by atoms with van der Waals surface area (Å²) in [6, 6.07) is 7.63. The van der Waals surface area contributed by atoms with E-state index in [1.54, 1.807) is 0 Å². The molecule has 0 aromatic heterocycles. The minimum Gasteiger partial charge on any atom is -0.409 e. The van der Waals surface area contributed by atoms with Crippen molar-refractivity contribution in [3.8, 4) is 0 Å². The van der Waals surface area contributed by atoms with Gasteiger partial charge in [-0.3, -0.25) is 4.90 Å². The first kappa shape index (κ1) is 15.6. The lowest BCUT2D eigenvalue weighted by atomic mass is 10.1. The number of oxime groups is 1. The minimum absolute atomic E-state index is 0.122. The van der Waals surface area contributed by atoms with Crippen LogP contribution in [0, 0.1) is 0 Å². The number of hydrogen-bond donors (Lipinski definition) is 2. The Labute approximate surface area is 125 Å². The third-order valence-electron chi connectivity index (χ3n) is 3.85. The molecule has 0 aliphatic carbocycles. The van der Waals surface area contributed by atoms with Gasteiger partial charge >= 0.3 is 0 Å². The Morgan fingerprint density at radius 2 is 2.29 bits per heavy atom. The molecule has 0 amide bonds. The number of para-hydroxylation sites is 1.